The summed E-state index contributed by atoms with van der Waals surface area (Å²) in [6, 6.07) is 7.92. The summed E-state index contributed by atoms with van der Waals surface area (Å²) in [7, 11) is 0. The zero-order chi connectivity index (χ0) is 15.4. The van der Waals surface area contributed by atoms with Crippen LogP contribution in [-0.4, -0.2) is 34.1 Å². The molecule has 0 bridgehead atoms. The smallest absolute Gasteiger partial charge is 0.225 e. The van der Waals surface area contributed by atoms with Crippen LogP contribution in [0.5, 0.6) is 0 Å². The van der Waals surface area contributed by atoms with Crippen LogP contribution in [0.1, 0.15) is 29.9 Å². The second-order valence-corrected chi connectivity index (χ2v) is 5.77. The van der Waals surface area contributed by atoms with Crippen LogP contribution in [0.3, 0.4) is 0 Å². The molecule has 0 aromatic carbocycles. The van der Waals surface area contributed by atoms with Crippen molar-refractivity contribution < 1.29 is 4.74 Å². The van der Waals surface area contributed by atoms with Gasteiger partial charge in [-0.1, -0.05) is 6.07 Å². The number of piperidine rings is 1. The first-order valence-corrected chi connectivity index (χ1v) is 7.79. The first kappa shape index (κ1) is 14.9. The highest BCUT2D eigenvalue weighted by atomic mass is 16.5. The van der Waals surface area contributed by atoms with E-state index in [0.29, 0.717) is 12.7 Å². The molecule has 2 aromatic rings. The van der Waals surface area contributed by atoms with Gasteiger partial charge >= 0.3 is 0 Å². The minimum Gasteiger partial charge on any atom is -0.372 e. The lowest BCUT2D eigenvalue weighted by Crippen LogP contribution is -2.38. The fourth-order valence-corrected chi connectivity index (χ4v) is 2.76. The van der Waals surface area contributed by atoms with E-state index in [1.165, 1.54) is 0 Å². The molecule has 0 atom stereocenters. The predicted molar refractivity (Wildman–Crippen MR) is 85.8 cm³/mol. The third kappa shape index (κ3) is 3.80. The molecule has 5 nitrogen and oxygen atoms in total. The molecular formula is C17H22N4O. The first-order valence-electron chi connectivity index (χ1n) is 7.79. The highest BCUT2D eigenvalue weighted by Crippen LogP contribution is 2.19. The van der Waals surface area contributed by atoms with Crippen molar-refractivity contribution in [1.29, 1.82) is 0 Å². The molecule has 3 heterocycles. The number of hydrogen-bond acceptors (Lipinski definition) is 5. The maximum atomic E-state index is 5.97. The predicted octanol–water partition coefficient (Wildman–Crippen LogP) is 2.67. The van der Waals surface area contributed by atoms with Crippen molar-refractivity contribution in [3.05, 3.63) is 47.5 Å². The van der Waals surface area contributed by atoms with Crippen LogP contribution in [0.4, 0.5) is 5.95 Å². The number of aryl methyl sites for hydroxylation is 2. The van der Waals surface area contributed by atoms with Crippen molar-refractivity contribution in [1.82, 2.24) is 15.0 Å². The van der Waals surface area contributed by atoms with E-state index in [2.05, 4.69) is 19.9 Å². The molecular weight excluding hydrogens is 276 g/mol. The average Bonchev–Trinajstić information content (AvgIpc) is 2.53. The lowest BCUT2D eigenvalue weighted by atomic mass is 10.1. The molecule has 1 aliphatic heterocycles. The van der Waals surface area contributed by atoms with E-state index in [-0.39, 0.29) is 0 Å². The van der Waals surface area contributed by atoms with Crippen molar-refractivity contribution in [2.75, 3.05) is 18.0 Å². The molecule has 0 N–H and O–H groups in total. The van der Waals surface area contributed by atoms with Gasteiger partial charge in [0.1, 0.15) is 0 Å². The Morgan fingerprint density at radius 3 is 2.50 bits per heavy atom. The molecule has 0 amide bonds. The van der Waals surface area contributed by atoms with Crippen molar-refractivity contribution in [3.8, 4) is 0 Å². The molecule has 0 aliphatic carbocycles. The average molecular weight is 298 g/mol. The third-order valence-corrected chi connectivity index (χ3v) is 3.89. The van der Waals surface area contributed by atoms with Gasteiger partial charge in [0.2, 0.25) is 5.95 Å². The summed E-state index contributed by atoms with van der Waals surface area (Å²) in [4.78, 5) is 15.6. The molecule has 0 radical (unpaired) electrons. The van der Waals surface area contributed by atoms with Crippen LogP contribution in [0, 0.1) is 13.8 Å². The number of aromatic nitrogens is 3. The number of ether oxygens (including phenoxy) is 1. The van der Waals surface area contributed by atoms with Crippen LogP contribution in [0.25, 0.3) is 0 Å². The summed E-state index contributed by atoms with van der Waals surface area (Å²) in [5.41, 5.74) is 3.04. The van der Waals surface area contributed by atoms with E-state index in [1.54, 1.807) is 6.20 Å². The van der Waals surface area contributed by atoms with E-state index < -0.39 is 0 Å². The SMILES string of the molecule is Cc1cc(C)nc(N2CCC(OCc3ccccn3)CC2)n1. The van der Waals surface area contributed by atoms with Crippen molar-refractivity contribution in [2.24, 2.45) is 0 Å². The third-order valence-electron chi connectivity index (χ3n) is 3.89. The summed E-state index contributed by atoms with van der Waals surface area (Å²) >= 11 is 0. The van der Waals surface area contributed by atoms with Gasteiger partial charge < -0.3 is 9.64 Å². The van der Waals surface area contributed by atoms with Gasteiger partial charge in [-0.25, -0.2) is 9.97 Å². The lowest BCUT2D eigenvalue weighted by molar-refractivity contribution is 0.0233. The molecule has 2 aromatic heterocycles. The Bertz CT molecular complexity index is 589. The second-order valence-electron chi connectivity index (χ2n) is 5.77. The fraction of sp³-hybridized carbons (Fsp3) is 0.471. The summed E-state index contributed by atoms with van der Waals surface area (Å²) in [5, 5.41) is 0. The minimum absolute atomic E-state index is 0.296. The fourth-order valence-electron chi connectivity index (χ4n) is 2.76. The van der Waals surface area contributed by atoms with Crippen LogP contribution in [-0.2, 0) is 11.3 Å². The molecule has 22 heavy (non-hydrogen) atoms. The number of rotatable bonds is 4. The van der Waals surface area contributed by atoms with Crippen LogP contribution in [0.2, 0.25) is 0 Å². The van der Waals surface area contributed by atoms with Gasteiger partial charge in [0, 0.05) is 30.7 Å². The monoisotopic (exact) mass is 298 g/mol. The number of pyridine rings is 1. The van der Waals surface area contributed by atoms with E-state index in [4.69, 9.17) is 4.74 Å². The van der Waals surface area contributed by atoms with Gasteiger partial charge in [0.15, 0.2) is 0 Å². The number of nitrogens with zero attached hydrogens (tertiary/aromatic N) is 4. The van der Waals surface area contributed by atoms with Crippen molar-refractivity contribution in [2.45, 2.75) is 39.4 Å². The minimum atomic E-state index is 0.296. The van der Waals surface area contributed by atoms with E-state index >= 15 is 0 Å². The summed E-state index contributed by atoms with van der Waals surface area (Å²) in [5.74, 6) is 0.848. The van der Waals surface area contributed by atoms with Crippen LogP contribution < -0.4 is 4.90 Å². The molecule has 1 fully saturated rings. The molecule has 1 aliphatic rings. The zero-order valence-corrected chi connectivity index (χ0v) is 13.2. The lowest BCUT2D eigenvalue weighted by Gasteiger charge is -2.32. The Hall–Kier alpha value is -2.01. The molecule has 5 heteroatoms. The molecule has 0 spiro atoms. The Morgan fingerprint density at radius 2 is 1.86 bits per heavy atom. The maximum absolute atomic E-state index is 5.97. The number of anilines is 1. The van der Waals surface area contributed by atoms with Crippen molar-refractivity contribution in [3.63, 3.8) is 0 Å². The zero-order valence-electron chi connectivity index (χ0n) is 13.2. The molecule has 3 rings (SSSR count). The standard InChI is InChI=1S/C17H22N4O/c1-13-11-14(2)20-17(19-13)21-9-6-16(7-10-21)22-12-15-5-3-4-8-18-15/h3-5,8,11,16H,6-7,9-10,12H2,1-2H3. The maximum Gasteiger partial charge on any atom is 0.225 e. The molecule has 0 unspecified atom stereocenters. The van der Waals surface area contributed by atoms with Crippen LogP contribution in [0.15, 0.2) is 30.5 Å². The summed E-state index contributed by atoms with van der Waals surface area (Å²) in [6.07, 6.45) is 4.11. The van der Waals surface area contributed by atoms with E-state index in [0.717, 1.165) is 49.0 Å². The van der Waals surface area contributed by atoms with Gasteiger partial charge in [-0.05, 0) is 44.9 Å². The van der Waals surface area contributed by atoms with Gasteiger partial charge in [-0.2, -0.15) is 0 Å². The topological polar surface area (TPSA) is 51.1 Å². The first-order chi connectivity index (χ1) is 10.7. The normalized spacial score (nSPS) is 16.0. The van der Waals surface area contributed by atoms with Gasteiger partial charge in [-0.15, -0.1) is 0 Å². The quantitative estimate of drug-likeness (QED) is 0.868. The van der Waals surface area contributed by atoms with Gasteiger partial charge in [0.05, 0.1) is 18.4 Å². The molecule has 116 valence electrons. The second kappa shape index (κ2) is 6.83. The molecule has 1 saturated heterocycles. The highest BCUT2D eigenvalue weighted by Gasteiger charge is 2.21. The Balaban J connectivity index is 1.52. The Labute approximate surface area is 131 Å². The van der Waals surface area contributed by atoms with Gasteiger partial charge in [0.25, 0.3) is 0 Å². The highest BCUT2D eigenvalue weighted by molar-refractivity contribution is 5.32. The number of hydrogen-bond donors (Lipinski definition) is 0. The largest absolute Gasteiger partial charge is 0.372 e. The van der Waals surface area contributed by atoms with Gasteiger partial charge in [-0.3, -0.25) is 4.98 Å². The Kier molecular flexibility index (Phi) is 4.63. The summed E-state index contributed by atoms with van der Waals surface area (Å²) in [6.45, 7) is 6.50. The van der Waals surface area contributed by atoms with Crippen molar-refractivity contribution >= 4 is 5.95 Å². The summed E-state index contributed by atoms with van der Waals surface area (Å²) < 4.78 is 5.97. The Morgan fingerprint density at radius 1 is 1.14 bits per heavy atom. The van der Waals surface area contributed by atoms with E-state index in [9.17, 15) is 0 Å². The van der Waals surface area contributed by atoms with Crippen LogP contribution >= 0.6 is 0 Å². The molecule has 0 saturated carbocycles. The van der Waals surface area contributed by atoms with E-state index in [1.807, 2.05) is 38.1 Å².